The number of morpholine rings is 1. The molecule has 2 aliphatic rings. The fourth-order valence-corrected chi connectivity index (χ4v) is 3.78. The number of fused-ring (bicyclic) bond motifs is 1. The van der Waals surface area contributed by atoms with Gasteiger partial charge in [-0.15, -0.1) is 0 Å². The van der Waals surface area contributed by atoms with Crippen molar-refractivity contribution in [1.82, 2.24) is 4.90 Å². The molecule has 4 nitrogen and oxygen atoms in total. The van der Waals surface area contributed by atoms with Crippen LogP contribution in [0.25, 0.3) is 0 Å². The van der Waals surface area contributed by atoms with E-state index in [-0.39, 0.29) is 12.5 Å². The van der Waals surface area contributed by atoms with E-state index < -0.39 is 5.97 Å². The molecular formula is C17H23NO3. The highest BCUT2D eigenvalue weighted by Crippen LogP contribution is 2.41. The lowest BCUT2D eigenvalue weighted by atomic mass is 9.80. The maximum Gasteiger partial charge on any atom is 0.305 e. The number of hydrogen-bond acceptors (Lipinski definition) is 3. The van der Waals surface area contributed by atoms with Crippen molar-refractivity contribution in [2.75, 3.05) is 19.8 Å². The number of carboxylic acids is 1. The molecule has 0 spiro atoms. The van der Waals surface area contributed by atoms with E-state index in [0.29, 0.717) is 25.2 Å². The van der Waals surface area contributed by atoms with Crippen molar-refractivity contribution in [1.29, 1.82) is 0 Å². The Bertz CT molecular complexity index is 517. The Morgan fingerprint density at radius 1 is 1.33 bits per heavy atom. The van der Waals surface area contributed by atoms with Gasteiger partial charge in [0, 0.05) is 18.6 Å². The van der Waals surface area contributed by atoms with Gasteiger partial charge in [0.1, 0.15) is 0 Å². The SMILES string of the molecule is CC1CCC(N2CCOCC2CC(=O)O)c2ccccc21. The van der Waals surface area contributed by atoms with Crippen LogP contribution in [-0.4, -0.2) is 41.8 Å². The van der Waals surface area contributed by atoms with Gasteiger partial charge in [-0.3, -0.25) is 9.69 Å². The van der Waals surface area contributed by atoms with E-state index in [1.54, 1.807) is 0 Å². The summed E-state index contributed by atoms with van der Waals surface area (Å²) in [5.41, 5.74) is 2.81. The maximum absolute atomic E-state index is 11.1. The molecule has 1 heterocycles. The lowest BCUT2D eigenvalue weighted by molar-refractivity contribution is -0.141. The molecule has 0 radical (unpaired) electrons. The molecule has 1 fully saturated rings. The van der Waals surface area contributed by atoms with Gasteiger partial charge in [-0.2, -0.15) is 0 Å². The second-order valence-electron chi connectivity index (χ2n) is 6.19. The van der Waals surface area contributed by atoms with Crippen LogP contribution >= 0.6 is 0 Å². The molecule has 1 saturated heterocycles. The number of hydrogen-bond donors (Lipinski definition) is 1. The predicted molar refractivity (Wildman–Crippen MR) is 80.4 cm³/mol. The van der Waals surface area contributed by atoms with Crippen molar-refractivity contribution in [2.45, 2.75) is 44.2 Å². The Balaban J connectivity index is 1.88. The zero-order valence-electron chi connectivity index (χ0n) is 12.5. The minimum absolute atomic E-state index is 0.0114. The third-order valence-corrected chi connectivity index (χ3v) is 4.84. The third kappa shape index (κ3) is 2.97. The first-order valence-electron chi connectivity index (χ1n) is 7.81. The summed E-state index contributed by atoms with van der Waals surface area (Å²) >= 11 is 0. The highest BCUT2D eigenvalue weighted by molar-refractivity contribution is 5.67. The number of rotatable bonds is 3. The molecule has 0 aromatic heterocycles. The van der Waals surface area contributed by atoms with E-state index in [1.165, 1.54) is 17.5 Å². The highest BCUT2D eigenvalue weighted by Gasteiger charge is 2.35. The molecule has 4 heteroatoms. The monoisotopic (exact) mass is 289 g/mol. The standard InChI is InChI=1S/C17H23NO3/c1-12-6-7-16(15-5-3-2-4-14(12)15)18-8-9-21-11-13(18)10-17(19)20/h2-5,12-13,16H,6-11H2,1H3,(H,19,20). The summed E-state index contributed by atoms with van der Waals surface area (Å²) in [6, 6.07) is 8.96. The molecule has 1 aromatic carbocycles. The first-order chi connectivity index (χ1) is 10.2. The summed E-state index contributed by atoms with van der Waals surface area (Å²) < 4.78 is 5.51. The van der Waals surface area contributed by atoms with Gasteiger partial charge < -0.3 is 9.84 Å². The van der Waals surface area contributed by atoms with Gasteiger partial charge in [0.15, 0.2) is 0 Å². The van der Waals surface area contributed by atoms with E-state index >= 15 is 0 Å². The van der Waals surface area contributed by atoms with Crippen LogP contribution in [0.5, 0.6) is 0 Å². The average molecular weight is 289 g/mol. The number of benzene rings is 1. The average Bonchev–Trinajstić information content (AvgIpc) is 2.48. The van der Waals surface area contributed by atoms with E-state index in [2.05, 4.69) is 36.1 Å². The Labute approximate surface area is 125 Å². The molecule has 3 unspecified atom stereocenters. The summed E-state index contributed by atoms with van der Waals surface area (Å²) in [5.74, 6) is -0.149. The summed E-state index contributed by atoms with van der Waals surface area (Å²) in [4.78, 5) is 13.5. The largest absolute Gasteiger partial charge is 0.481 e. The Morgan fingerprint density at radius 3 is 2.86 bits per heavy atom. The predicted octanol–water partition coefficient (Wildman–Crippen LogP) is 2.80. The Morgan fingerprint density at radius 2 is 2.10 bits per heavy atom. The first kappa shape index (κ1) is 14.5. The van der Waals surface area contributed by atoms with E-state index in [0.717, 1.165) is 13.0 Å². The molecule has 0 amide bonds. The van der Waals surface area contributed by atoms with Crippen LogP contribution in [0.2, 0.25) is 0 Å². The quantitative estimate of drug-likeness (QED) is 0.929. The molecule has 1 aliphatic heterocycles. The maximum atomic E-state index is 11.1. The van der Waals surface area contributed by atoms with Crippen molar-refractivity contribution in [2.24, 2.45) is 0 Å². The first-order valence-corrected chi connectivity index (χ1v) is 7.81. The van der Waals surface area contributed by atoms with Gasteiger partial charge in [0.25, 0.3) is 0 Å². The third-order valence-electron chi connectivity index (χ3n) is 4.84. The van der Waals surface area contributed by atoms with E-state index in [4.69, 9.17) is 9.84 Å². The van der Waals surface area contributed by atoms with Crippen LogP contribution in [0.3, 0.4) is 0 Å². The van der Waals surface area contributed by atoms with Crippen LogP contribution in [-0.2, 0) is 9.53 Å². The van der Waals surface area contributed by atoms with Crippen LogP contribution < -0.4 is 0 Å². The molecular weight excluding hydrogens is 266 g/mol. The van der Waals surface area contributed by atoms with Crippen molar-refractivity contribution >= 4 is 5.97 Å². The summed E-state index contributed by atoms with van der Waals surface area (Å²) in [5, 5.41) is 9.14. The van der Waals surface area contributed by atoms with Crippen molar-refractivity contribution in [3.05, 3.63) is 35.4 Å². The lowest BCUT2D eigenvalue weighted by Crippen LogP contribution is -2.48. The topological polar surface area (TPSA) is 49.8 Å². The normalized spacial score (nSPS) is 29.9. The number of nitrogens with zero attached hydrogens (tertiary/aromatic N) is 1. The number of carbonyl (C=O) groups is 1. The molecule has 3 rings (SSSR count). The number of ether oxygens (including phenoxy) is 1. The zero-order valence-corrected chi connectivity index (χ0v) is 12.5. The van der Waals surface area contributed by atoms with Crippen molar-refractivity contribution in [3.8, 4) is 0 Å². The summed E-state index contributed by atoms with van der Waals surface area (Å²) in [6.07, 6.45) is 2.43. The molecule has 0 saturated carbocycles. The van der Waals surface area contributed by atoms with Gasteiger partial charge in [0.2, 0.25) is 0 Å². The van der Waals surface area contributed by atoms with Crippen LogP contribution in [0.4, 0.5) is 0 Å². The van der Waals surface area contributed by atoms with Gasteiger partial charge in [0.05, 0.1) is 19.6 Å². The van der Waals surface area contributed by atoms with Crippen LogP contribution in [0.15, 0.2) is 24.3 Å². The second-order valence-corrected chi connectivity index (χ2v) is 6.19. The summed E-state index contributed by atoms with van der Waals surface area (Å²) in [6.45, 7) is 4.33. The summed E-state index contributed by atoms with van der Waals surface area (Å²) in [7, 11) is 0. The molecule has 114 valence electrons. The van der Waals surface area contributed by atoms with Crippen LogP contribution in [0.1, 0.15) is 49.3 Å². The van der Waals surface area contributed by atoms with Gasteiger partial charge >= 0.3 is 5.97 Å². The fourth-order valence-electron chi connectivity index (χ4n) is 3.78. The van der Waals surface area contributed by atoms with E-state index in [9.17, 15) is 4.79 Å². The smallest absolute Gasteiger partial charge is 0.305 e. The molecule has 0 bridgehead atoms. The minimum Gasteiger partial charge on any atom is -0.481 e. The molecule has 3 atom stereocenters. The number of carboxylic acid groups (broad SMARTS) is 1. The second kappa shape index (κ2) is 6.16. The Hall–Kier alpha value is -1.39. The van der Waals surface area contributed by atoms with E-state index in [1.807, 2.05) is 0 Å². The Kier molecular flexibility index (Phi) is 4.27. The molecule has 1 aromatic rings. The van der Waals surface area contributed by atoms with Crippen LogP contribution in [0, 0.1) is 0 Å². The number of aliphatic carboxylic acids is 1. The molecule has 21 heavy (non-hydrogen) atoms. The van der Waals surface area contributed by atoms with Crippen molar-refractivity contribution < 1.29 is 14.6 Å². The lowest BCUT2D eigenvalue weighted by Gasteiger charge is -2.44. The highest BCUT2D eigenvalue weighted by atomic mass is 16.5. The molecule has 1 aliphatic carbocycles. The van der Waals surface area contributed by atoms with Gasteiger partial charge in [-0.25, -0.2) is 0 Å². The molecule has 1 N–H and O–H groups in total. The zero-order chi connectivity index (χ0) is 14.8. The van der Waals surface area contributed by atoms with Gasteiger partial charge in [-0.1, -0.05) is 31.2 Å². The van der Waals surface area contributed by atoms with Gasteiger partial charge in [-0.05, 0) is 29.9 Å². The van der Waals surface area contributed by atoms with Crippen molar-refractivity contribution in [3.63, 3.8) is 0 Å². The minimum atomic E-state index is -0.743. The fraction of sp³-hybridized carbons (Fsp3) is 0.588.